The van der Waals surface area contributed by atoms with Gasteiger partial charge in [0.05, 0.1) is 0 Å². The average molecular weight is 295 g/mol. The third-order valence-corrected chi connectivity index (χ3v) is 4.01. The van der Waals surface area contributed by atoms with E-state index in [9.17, 15) is 0 Å². The van der Waals surface area contributed by atoms with Gasteiger partial charge in [0, 0.05) is 16.7 Å². The first-order valence-corrected chi connectivity index (χ1v) is 13.8. The predicted molar refractivity (Wildman–Crippen MR) is 94.8 cm³/mol. The number of hydrogen-bond acceptors (Lipinski definition) is 0. The van der Waals surface area contributed by atoms with Gasteiger partial charge < -0.3 is 0 Å². The summed E-state index contributed by atoms with van der Waals surface area (Å²) in [6, 6.07) is 5.97. The Kier molecular flexibility index (Phi) is 5.07. The first-order chi connectivity index (χ1) is 9.09. The van der Waals surface area contributed by atoms with E-state index in [1.807, 2.05) is 18.2 Å². The van der Waals surface area contributed by atoms with Crippen molar-refractivity contribution in [2.45, 2.75) is 39.3 Å². The van der Waals surface area contributed by atoms with E-state index in [1.165, 1.54) is 0 Å². The molecule has 0 aliphatic carbocycles. The molecule has 0 saturated heterocycles. The van der Waals surface area contributed by atoms with Gasteiger partial charge in [0.15, 0.2) is 0 Å². The van der Waals surface area contributed by atoms with Gasteiger partial charge in [-0.1, -0.05) is 57.0 Å². The summed E-state index contributed by atoms with van der Waals surface area (Å²) in [5.74, 6) is 9.20. The van der Waals surface area contributed by atoms with E-state index in [4.69, 9.17) is 6.42 Å². The Hall–Kier alpha value is -1.67. The highest BCUT2D eigenvalue weighted by Gasteiger charge is 2.08. The summed E-state index contributed by atoms with van der Waals surface area (Å²) < 4.78 is 0. The Balaban J connectivity index is 3.25. The van der Waals surface area contributed by atoms with Crippen molar-refractivity contribution in [2.24, 2.45) is 0 Å². The lowest BCUT2D eigenvalue weighted by Gasteiger charge is -2.05. The second-order valence-corrected chi connectivity index (χ2v) is 16.4. The molecular weight excluding hydrogens is 272 g/mol. The average Bonchev–Trinajstić information content (AvgIpc) is 2.32. The zero-order valence-electron chi connectivity index (χ0n) is 13.3. The van der Waals surface area contributed by atoms with Gasteiger partial charge in [-0.2, -0.15) is 0 Å². The van der Waals surface area contributed by atoms with E-state index in [0.29, 0.717) is 0 Å². The van der Waals surface area contributed by atoms with Crippen LogP contribution in [0.25, 0.3) is 0 Å². The van der Waals surface area contributed by atoms with Crippen LogP contribution in [0.2, 0.25) is 39.3 Å². The SMILES string of the molecule is C#Cc1cc(C#C[Si](C)(C)C)cc(C#C[Si](C)(C)C)c1. The van der Waals surface area contributed by atoms with E-state index in [1.54, 1.807) is 0 Å². The number of rotatable bonds is 0. The zero-order chi connectivity index (χ0) is 15.4. The van der Waals surface area contributed by atoms with Crippen molar-refractivity contribution in [3.8, 4) is 35.3 Å². The molecule has 1 aromatic carbocycles. The van der Waals surface area contributed by atoms with Crippen LogP contribution in [-0.4, -0.2) is 16.1 Å². The standard InChI is InChI=1S/C18H22Si2/c1-8-16-13-17(9-11-19(2,3)4)15-18(14-16)10-12-20(5,6)7/h1,13-15H,2-7H3. The molecule has 0 aliphatic heterocycles. The van der Waals surface area contributed by atoms with E-state index < -0.39 is 16.1 Å². The third-order valence-electron chi connectivity index (χ3n) is 2.26. The van der Waals surface area contributed by atoms with Crippen LogP contribution in [0.1, 0.15) is 16.7 Å². The van der Waals surface area contributed by atoms with Crippen molar-refractivity contribution >= 4 is 16.1 Å². The van der Waals surface area contributed by atoms with Crippen LogP contribution >= 0.6 is 0 Å². The Morgan fingerprint density at radius 3 is 1.35 bits per heavy atom. The molecule has 1 aromatic rings. The van der Waals surface area contributed by atoms with Gasteiger partial charge in [0.25, 0.3) is 0 Å². The molecule has 1 rings (SSSR count). The maximum atomic E-state index is 5.52. The van der Waals surface area contributed by atoms with Crippen molar-refractivity contribution in [1.82, 2.24) is 0 Å². The van der Waals surface area contributed by atoms with Crippen LogP contribution < -0.4 is 0 Å². The molecule has 102 valence electrons. The minimum Gasteiger partial charge on any atom is -0.127 e. The fraction of sp³-hybridized carbons (Fsp3) is 0.333. The van der Waals surface area contributed by atoms with Crippen molar-refractivity contribution in [3.05, 3.63) is 34.9 Å². The largest absolute Gasteiger partial charge is 0.129 e. The molecule has 0 saturated carbocycles. The van der Waals surface area contributed by atoms with Gasteiger partial charge in [0.2, 0.25) is 0 Å². The Morgan fingerprint density at radius 2 is 1.05 bits per heavy atom. The third kappa shape index (κ3) is 6.49. The summed E-state index contributed by atoms with van der Waals surface area (Å²) >= 11 is 0. The minimum atomic E-state index is -1.38. The van der Waals surface area contributed by atoms with Gasteiger partial charge in [-0.15, -0.1) is 17.5 Å². The van der Waals surface area contributed by atoms with E-state index >= 15 is 0 Å². The smallest absolute Gasteiger partial charge is 0.127 e. The van der Waals surface area contributed by atoms with Crippen LogP contribution in [-0.2, 0) is 0 Å². The molecule has 0 heterocycles. The molecule has 0 bridgehead atoms. The first kappa shape index (κ1) is 16.4. The number of terminal acetylenes is 1. The summed E-state index contributed by atoms with van der Waals surface area (Å²) in [6.07, 6.45) is 5.52. The van der Waals surface area contributed by atoms with Crippen molar-refractivity contribution in [2.75, 3.05) is 0 Å². The Morgan fingerprint density at radius 1 is 0.700 bits per heavy atom. The molecule has 0 spiro atoms. The zero-order valence-corrected chi connectivity index (χ0v) is 15.3. The molecule has 0 radical (unpaired) electrons. The normalized spacial score (nSPS) is 10.7. The molecule has 0 amide bonds. The second kappa shape index (κ2) is 6.19. The molecule has 0 fully saturated rings. The number of benzene rings is 1. The Labute approximate surface area is 126 Å². The van der Waals surface area contributed by atoms with Gasteiger partial charge in [-0.05, 0) is 18.2 Å². The van der Waals surface area contributed by atoms with Crippen LogP contribution in [0.3, 0.4) is 0 Å². The fourth-order valence-corrected chi connectivity index (χ4v) is 2.41. The second-order valence-electron chi connectivity index (χ2n) is 6.94. The van der Waals surface area contributed by atoms with Crippen LogP contribution in [0.5, 0.6) is 0 Å². The molecule has 0 aliphatic rings. The van der Waals surface area contributed by atoms with Gasteiger partial charge in [-0.3, -0.25) is 0 Å². The summed E-state index contributed by atoms with van der Waals surface area (Å²) in [6.45, 7) is 13.4. The van der Waals surface area contributed by atoms with Gasteiger partial charge in [-0.25, -0.2) is 0 Å². The van der Waals surface area contributed by atoms with Crippen LogP contribution in [0.15, 0.2) is 18.2 Å². The topological polar surface area (TPSA) is 0 Å². The molecule has 2 heteroatoms. The molecule has 0 N–H and O–H groups in total. The monoisotopic (exact) mass is 294 g/mol. The maximum absolute atomic E-state index is 5.52. The summed E-state index contributed by atoms with van der Waals surface area (Å²) in [5, 5.41) is 0. The fourth-order valence-electron chi connectivity index (χ4n) is 1.37. The molecule has 0 atom stereocenters. The van der Waals surface area contributed by atoms with Gasteiger partial charge in [0.1, 0.15) is 16.1 Å². The highest BCUT2D eigenvalue weighted by Crippen LogP contribution is 2.10. The highest BCUT2D eigenvalue weighted by atomic mass is 28.3. The molecule has 0 nitrogen and oxygen atoms in total. The van der Waals surface area contributed by atoms with Crippen LogP contribution in [0.4, 0.5) is 0 Å². The minimum absolute atomic E-state index is 0.854. The summed E-state index contributed by atoms with van der Waals surface area (Å²) in [4.78, 5) is 0. The van der Waals surface area contributed by atoms with E-state index in [0.717, 1.165) is 16.7 Å². The predicted octanol–water partition coefficient (Wildman–Crippen LogP) is 4.13. The van der Waals surface area contributed by atoms with Crippen molar-refractivity contribution in [1.29, 1.82) is 0 Å². The van der Waals surface area contributed by atoms with Gasteiger partial charge >= 0.3 is 0 Å². The highest BCUT2D eigenvalue weighted by molar-refractivity contribution is 6.84. The molecular formula is C18H22Si2. The lowest BCUT2D eigenvalue weighted by Crippen LogP contribution is -2.16. The van der Waals surface area contributed by atoms with Crippen molar-refractivity contribution in [3.63, 3.8) is 0 Å². The maximum Gasteiger partial charge on any atom is 0.129 e. The molecule has 0 unspecified atom stereocenters. The Bertz CT molecular complexity index is 604. The molecule has 20 heavy (non-hydrogen) atoms. The first-order valence-electron chi connectivity index (χ1n) is 6.77. The lowest BCUT2D eigenvalue weighted by molar-refractivity contribution is 1.56. The summed E-state index contributed by atoms with van der Waals surface area (Å²) in [5.41, 5.74) is 9.54. The van der Waals surface area contributed by atoms with E-state index in [-0.39, 0.29) is 0 Å². The summed E-state index contributed by atoms with van der Waals surface area (Å²) in [7, 11) is -2.75. The molecule has 0 aromatic heterocycles. The van der Waals surface area contributed by atoms with E-state index in [2.05, 4.69) is 68.1 Å². The quantitative estimate of drug-likeness (QED) is 0.498. The number of hydrogen-bond donors (Lipinski definition) is 0. The van der Waals surface area contributed by atoms with Crippen LogP contribution in [0, 0.1) is 35.3 Å². The lowest BCUT2D eigenvalue weighted by atomic mass is 10.1. The van der Waals surface area contributed by atoms with Crippen molar-refractivity contribution < 1.29 is 0 Å².